The first-order valence-corrected chi connectivity index (χ1v) is 3.94. The number of rotatable bonds is 2. The molecule has 1 rings (SSSR count). The summed E-state index contributed by atoms with van der Waals surface area (Å²) in [5, 5.41) is 0. The van der Waals surface area contributed by atoms with E-state index in [4.69, 9.17) is 5.73 Å². The highest BCUT2D eigenvalue weighted by Crippen LogP contribution is 2.15. The van der Waals surface area contributed by atoms with Crippen molar-refractivity contribution in [3.63, 3.8) is 0 Å². The number of halogens is 1. The number of carbonyl (C=O) groups excluding carboxylic acids is 1. The first-order chi connectivity index (χ1) is 5.63. The fraction of sp³-hybridized carbons (Fsp3) is 0.300. The summed E-state index contributed by atoms with van der Waals surface area (Å²) in [6.45, 7) is 3.47. The summed E-state index contributed by atoms with van der Waals surface area (Å²) in [5.41, 5.74) is 7.68. The zero-order valence-electron chi connectivity index (χ0n) is 7.78. The first kappa shape index (κ1) is 12.1. The van der Waals surface area contributed by atoms with E-state index in [1.807, 2.05) is 31.2 Å². The molecule has 0 bridgehead atoms. The van der Waals surface area contributed by atoms with Crippen molar-refractivity contribution in [1.82, 2.24) is 0 Å². The zero-order chi connectivity index (χ0) is 9.14. The van der Waals surface area contributed by atoms with Gasteiger partial charge in [-0.05, 0) is 25.0 Å². The van der Waals surface area contributed by atoms with Crippen LogP contribution in [-0.4, -0.2) is 5.78 Å². The number of hydrogen-bond acceptors (Lipinski definition) is 2. The van der Waals surface area contributed by atoms with E-state index >= 15 is 0 Å². The highest BCUT2D eigenvalue weighted by Gasteiger charge is 2.11. The second-order valence-electron chi connectivity index (χ2n) is 2.94. The molecule has 0 spiro atoms. The Morgan fingerprint density at radius 2 is 1.92 bits per heavy atom. The Morgan fingerprint density at radius 1 is 1.38 bits per heavy atom. The molecule has 0 aliphatic rings. The Balaban J connectivity index is 0.00000144. The monoisotopic (exact) mass is 199 g/mol. The lowest BCUT2D eigenvalue weighted by Gasteiger charge is -2.10. The van der Waals surface area contributed by atoms with Crippen LogP contribution in [0.3, 0.4) is 0 Å². The van der Waals surface area contributed by atoms with Crippen LogP contribution >= 0.6 is 12.4 Å². The van der Waals surface area contributed by atoms with Gasteiger partial charge in [0.25, 0.3) is 0 Å². The third-order valence-electron chi connectivity index (χ3n) is 1.96. The maximum Gasteiger partial charge on any atom is 0.150 e. The number of Topliss-reactive ketones (excluding diaryl/α,β-unsaturated/α-hetero) is 1. The number of carbonyl (C=O) groups is 1. The van der Waals surface area contributed by atoms with Gasteiger partial charge in [0.05, 0.1) is 6.04 Å². The highest BCUT2D eigenvalue weighted by atomic mass is 35.5. The molecular formula is C10H14ClNO. The van der Waals surface area contributed by atoms with Crippen LogP contribution in [0.4, 0.5) is 0 Å². The standard InChI is InChI=1S/C10H13NO.ClH/c1-7-5-3-4-6-9(7)10(11)8(2)12;/h3-6,10H,11H2,1-2H3;1H. The lowest BCUT2D eigenvalue weighted by Crippen LogP contribution is -2.19. The van der Waals surface area contributed by atoms with Crippen molar-refractivity contribution in [3.8, 4) is 0 Å². The molecule has 0 radical (unpaired) electrons. The number of hydrogen-bond donors (Lipinski definition) is 1. The van der Waals surface area contributed by atoms with Gasteiger partial charge >= 0.3 is 0 Å². The molecule has 0 aliphatic carbocycles. The van der Waals surface area contributed by atoms with Crippen LogP contribution in [0.25, 0.3) is 0 Å². The molecule has 72 valence electrons. The summed E-state index contributed by atoms with van der Waals surface area (Å²) in [6, 6.07) is 7.21. The Morgan fingerprint density at radius 3 is 2.38 bits per heavy atom. The molecule has 0 aromatic heterocycles. The van der Waals surface area contributed by atoms with E-state index < -0.39 is 6.04 Å². The Hall–Kier alpha value is -0.860. The summed E-state index contributed by atoms with van der Waals surface area (Å²) in [4.78, 5) is 11.0. The quantitative estimate of drug-likeness (QED) is 0.792. The van der Waals surface area contributed by atoms with Gasteiger partial charge in [-0.1, -0.05) is 24.3 Å². The van der Waals surface area contributed by atoms with Gasteiger partial charge in [0.1, 0.15) is 0 Å². The number of benzene rings is 1. The van der Waals surface area contributed by atoms with Crippen molar-refractivity contribution in [3.05, 3.63) is 35.4 Å². The fourth-order valence-corrected chi connectivity index (χ4v) is 1.15. The molecule has 1 aromatic rings. The predicted molar refractivity (Wildman–Crippen MR) is 56.0 cm³/mol. The normalized spacial score (nSPS) is 11.6. The van der Waals surface area contributed by atoms with Gasteiger partial charge < -0.3 is 5.73 Å². The van der Waals surface area contributed by atoms with E-state index in [1.54, 1.807) is 0 Å². The van der Waals surface area contributed by atoms with Crippen molar-refractivity contribution in [1.29, 1.82) is 0 Å². The minimum atomic E-state index is -0.466. The molecular weight excluding hydrogens is 186 g/mol. The Bertz CT molecular complexity index is 299. The topological polar surface area (TPSA) is 43.1 Å². The number of aryl methyl sites for hydroxylation is 1. The summed E-state index contributed by atoms with van der Waals surface area (Å²) in [6.07, 6.45) is 0. The SMILES string of the molecule is CC(=O)C(N)c1ccccc1C.Cl. The molecule has 0 fully saturated rings. The van der Waals surface area contributed by atoms with Crippen LogP contribution in [0.5, 0.6) is 0 Å². The third-order valence-corrected chi connectivity index (χ3v) is 1.96. The molecule has 0 heterocycles. The minimum Gasteiger partial charge on any atom is -0.318 e. The van der Waals surface area contributed by atoms with Gasteiger partial charge in [0.15, 0.2) is 5.78 Å². The summed E-state index contributed by atoms with van der Waals surface area (Å²) >= 11 is 0. The van der Waals surface area contributed by atoms with Crippen molar-refractivity contribution < 1.29 is 4.79 Å². The smallest absolute Gasteiger partial charge is 0.150 e. The molecule has 2 N–H and O–H groups in total. The lowest BCUT2D eigenvalue weighted by atomic mass is 10.00. The summed E-state index contributed by atoms with van der Waals surface area (Å²) in [5.74, 6) is 0.00398. The Kier molecular flexibility index (Phi) is 4.67. The van der Waals surface area contributed by atoms with Gasteiger partial charge in [0.2, 0.25) is 0 Å². The molecule has 1 unspecified atom stereocenters. The van der Waals surface area contributed by atoms with E-state index in [9.17, 15) is 4.79 Å². The van der Waals surface area contributed by atoms with Crippen LogP contribution in [0, 0.1) is 6.92 Å². The molecule has 1 aromatic carbocycles. The summed E-state index contributed by atoms with van der Waals surface area (Å²) < 4.78 is 0. The Labute approximate surface area is 84.5 Å². The van der Waals surface area contributed by atoms with E-state index in [-0.39, 0.29) is 18.2 Å². The molecule has 0 saturated heterocycles. The van der Waals surface area contributed by atoms with E-state index in [0.29, 0.717) is 0 Å². The zero-order valence-corrected chi connectivity index (χ0v) is 8.60. The fourth-order valence-electron chi connectivity index (χ4n) is 1.15. The number of ketones is 1. The van der Waals surface area contributed by atoms with Crippen LogP contribution in [0.1, 0.15) is 24.1 Å². The molecule has 2 nitrogen and oxygen atoms in total. The molecule has 0 saturated carbocycles. The van der Waals surface area contributed by atoms with Crippen molar-refractivity contribution >= 4 is 18.2 Å². The van der Waals surface area contributed by atoms with Gasteiger partial charge in [0, 0.05) is 0 Å². The average molecular weight is 200 g/mol. The molecule has 1 atom stereocenters. The van der Waals surface area contributed by atoms with Crippen molar-refractivity contribution in [2.75, 3.05) is 0 Å². The second-order valence-corrected chi connectivity index (χ2v) is 2.94. The lowest BCUT2D eigenvalue weighted by molar-refractivity contribution is -0.118. The van der Waals surface area contributed by atoms with E-state index in [1.165, 1.54) is 6.92 Å². The average Bonchev–Trinajstić information content (AvgIpc) is 2.04. The van der Waals surface area contributed by atoms with Crippen LogP contribution in [-0.2, 0) is 4.79 Å². The van der Waals surface area contributed by atoms with Gasteiger partial charge in [-0.3, -0.25) is 4.79 Å². The molecule has 0 aliphatic heterocycles. The highest BCUT2D eigenvalue weighted by molar-refractivity contribution is 5.85. The van der Waals surface area contributed by atoms with Gasteiger partial charge in [-0.2, -0.15) is 0 Å². The van der Waals surface area contributed by atoms with Crippen LogP contribution < -0.4 is 5.73 Å². The maximum absolute atomic E-state index is 11.0. The van der Waals surface area contributed by atoms with Gasteiger partial charge in [-0.25, -0.2) is 0 Å². The van der Waals surface area contributed by atoms with Gasteiger partial charge in [-0.15, -0.1) is 12.4 Å². The summed E-state index contributed by atoms with van der Waals surface area (Å²) in [7, 11) is 0. The third kappa shape index (κ3) is 2.83. The molecule has 13 heavy (non-hydrogen) atoms. The molecule has 0 amide bonds. The van der Waals surface area contributed by atoms with Crippen LogP contribution in [0.2, 0.25) is 0 Å². The largest absolute Gasteiger partial charge is 0.318 e. The van der Waals surface area contributed by atoms with E-state index in [0.717, 1.165) is 11.1 Å². The van der Waals surface area contributed by atoms with E-state index in [2.05, 4.69) is 0 Å². The minimum absolute atomic E-state index is 0. The number of nitrogens with two attached hydrogens (primary N) is 1. The van der Waals surface area contributed by atoms with Crippen LogP contribution in [0.15, 0.2) is 24.3 Å². The van der Waals surface area contributed by atoms with Crippen molar-refractivity contribution in [2.45, 2.75) is 19.9 Å². The maximum atomic E-state index is 11.0. The van der Waals surface area contributed by atoms with Crippen molar-refractivity contribution in [2.24, 2.45) is 5.73 Å². The predicted octanol–water partition coefficient (Wildman–Crippen LogP) is 2.01. The molecule has 3 heteroatoms. The first-order valence-electron chi connectivity index (χ1n) is 3.94. The second kappa shape index (κ2) is 5.00.